The second-order valence-electron chi connectivity index (χ2n) is 14.9. The minimum Gasteiger partial charge on any atom is -0.500 e. The van der Waals surface area contributed by atoms with E-state index in [0.717, 1.165) is 18.6 Å². The van der Waals surface area contributed by atoms with Gasteiger partial charge in [-0.05, 0) is 90.8 Å². The van der Waals surface area contributed by atoms with Crippen molar-refractivity contribution in [3.05, 3.63) is 23.5 Å². The molecule has 0 spiro atoms. The highest BCUT2D eigenvalue weighted by Gasteiger charge is 2.69. The van der Waals surface area contributed by atoms with E-state index in [1.807, 2.05) is 6.08 Å². The van der Waals surface area contributed by atoms with Crippen molar-refractivity contribution in [2.75, 3.05) is 7.11 Å². The summed E-state index contributed by atoms with van der Waals surface area (Å²) >= 11 is 0. The topological polar surface area (TPSA) is 26.3 Å². The zero-order valence-corrected chi connectivity index (χ0v) is 22.9. The molecule has 0 aromatic heterocycles. The zero-order valence-electron chi connectivity index (χ0n) is 22.9. The van der Waals surface area contributed by atoms with Crippen LogP contribution in [0.1, 0.15) is 107 Å². The van der Waals surface area contributed by atoms with E-state index in [4.69, 9.17) is 4.74 Å². The highest BCUT2D eigenvalue weighted by Crippen LogP contribution is 2.75. The number of fused-ring (bicyclic) bond motifs is 7. The summed E-state index contributed by atoms with van der Waals surface area (Å²) in [6.45, 7) is 19.7. The van der Waals surface area contributed by atoms with E-state index in [-0.39, 0.29) is 21.7 Å². The van der Waals surface area contributed by atoms with Gasteiger partial charge in [-0.3, -0.25) is 4.79 Å². The van der Waals surface area contributed by atoms with Gasteiger partial charge in [0.05, 0.1) is 7.11 Å². The van der Waals surface area contributed by atoms with Crippen LogP contribution >= 0.6 is 0 Å². The van der Waals surface area contributed by atoms with Crippen LogP contribution in [-0.2, 0) is 9.53 Å². The van der Waals surface area contributed by atoms with Gasteiger partial charge in [0.25, 0.3) is 0 Å². The van der Waals surface area contributed by atoms with E-state index in [9.17, 15) is 4.79 Å². The smallest absolute Gasteiger partial charge is 0.165 e. The predicted molar refractivity (Wildman–Crippen MR) is 136 cm³/mol. The standard InChI is InChI=1S/C31H48O2/c1-26(2)14-15-28(5)16-17-29(6)20(21(28)19-26)10-11-23-30(29,7)13-12-22-27(3,4)25(33-9)18-24(32)31(22,23)8/h10,18,21-23H,11-17,19H2,1-9H3/t21-,22+,23-,28+,29+,30+,31-/m0/s1. The molecule has 5 aliphatic rings. The van der Waals surface area contributed by atoms with Crippen LogP contribution in [0.2, 0.25) is 0 Å². The van der Waals surface area contributed by atoms with Crippen LogP contribution in [0.25, 0.3) is 0 Å². The highest BCUT2D eigenvalue weighted by molar-refractivity contribution is 5.97. The molecule has 5 aliphatic carbocycles. The second kappa shape index (κ2) is 6.79. The highest BCUT2D eigenvalue weighted by atomic mass is 16.5. The Morgan fingerprint density at radius 3 is 2.21 bits per heavy atom. The summed E-state index contributed by atoms with van der Waals surface area (Å²) in [6.07, 6.45) is 14.7. The first-order valence-electron chi connectivity index (χ1n) is 13.7. The summed E-state index contributed by atoms with van der Waals surface area (Å²) < 4.78 is 5.76. The fraction of sp³-hybridized carbons (Fsp3) is 0.839. The van der Waals surface area contributed by atoms with Gasteiger partial charge in [0.1, 0.15) is 5.76 Å². The van der Waals surface area contributed by atoms with Crippen LogP contribution in [-0.4, -0.2) is 12.9 Å². The molecular formula is C31H48O2. The number of hydrogen-bond acceptors (Lipinski definition) is 2. The van der Waals surface area contributed by atoms with Crippen molar-refractivity contribution in [3.63, 3.8) is 0 Å². The molecule has 184 valence electrons. The minimum absolute atomic E-state index is 0.0951. The predicted octanol–water partition coefficient (Wildman–Crippen LogP) is 8.13. The first-order valence-corrected chi connectivity index (χ1v) is 13.7. The molecule has 0 saturated heterocycles. The van der Waals surface area contributed by atoms with Crippen LogP contribution in [0.5, 0.6) is 0 Å². The Hall–Kier alpha value is -1.05. The van der Waals surface area contributed by atoms with Crippen LogP contribution in [0.15, 0.2) is 23.5 Å². The monoisotopic (exact) mass is 452 g/mol. The summed E-state index contributed by atoms with van der Waals surface area (Å²) in [7, 11) is 1.73. The molecule has 3 saturated carbocycles. The Balaban J connectivity index is 1.62. The molecule has 2 heteroatoms. The van der Waals surface area contributed by atoms with Gasteiger partial charge in [0.15, 0.2) is 5.78 Å². The maximum atomic E-state index is 13.9. The molecule has 7 atom stereocenters. The van der Waals surface area contributed by atoms with Crippen molar-refractivity contribution in [2.45, 2.75) is 107 Å². The van der Waals surface area contributed by atoms with Gasteiger partial charge in [-0.25, -0.2) is 0 Å². The van der Waals surface area contributed by atoms with Crippen molar-refractivity contribution < 1.29 is 9.53 Å². The molecule has 0 aromatic carbocycles. The number of ether oxygens (including phenoxy) is 1. The van der Waals surface area contributed by atoms with Crippen LogP contribution in [0, 0.1) is 50.2 Å². The summed E-state index contributed by atoms with van der Waals surface area (Å²) in [5.41, 5.74) is 2.66. The van der Waals surface area contributed by atoms with Gasteiger partial charge < -0.3 is 4.74 Å². The van der Waals surface area contributed by atoms with Crippen LogP contribution < -0.4 is 0 Å². The minimum atomic E-state index is -0.309. The van der Waals surface area contributed by atoms with E-state index in [0.29, 0.717) is 34.4 Å². The Labute approximate surface area is 203 Å². The number of carbonyl (C=O) groups is 1. The fourth-order valence-corrected chi connectivity index (χ4v) is 10.2. The molecule has 0 aromatic rings. The Morgan fingerprint density at radius 2 is 1.55 bits per heavy atom. The maximum absolute atomic E-state index is 13.9. The van der Waals surface area contributed by atoms with Gasteiger partial charge in [0, 0.05) is 16.9 Å². The third-order valence-corrected chi connectivity index (χ3v) is 12.7. The van der Waals surface area contributed by atoms with Gasteiger partial charge in [-0.1, -0.05) is 67.0 Å². The SMILES string of the molecule is COC1=CC(=O)[C@@]2(C)[C@H](CC[C@]3(C)[C@@H]2CC=C2[C@@H]4CC(C)(C)CC[C@]4(C)CC[C@]23C)C1(C)C. The third-order valence-electron chi connectivity index (χ3n) is 12.7. The first kappa shape index (κ1) is 23.7. The van der Waals surface area contributed by atoms with Gasteiger partial charge in [-0.15, -0.1) is 0 Å². The third kappa shape index (κ3) is 2.82. The maximum Gasteiger partial charge on any atom is 0.165 e. The molecule has 2 nitrogen and oxygen atoms in total. The normalized spacial score (nSPS) is 50.1. The molecular weight excluding hydrogens is 404 g/mol. The second-order valence-corrected chi connectivity index (χ2v) is 14.9. The molecule has 0 N–H and O–H groups in total. The lowest BCUT2D eigenvalue weighted by Crippen LogP contribution is -2.65. The first-order chi connectivity index (χ1) is 15.2. The van der Waals surface area contributed by atoms with Gasteiger partial charge in [-0.2, -0.15) is 0 Å². The Kier molecular flexibility index (Phi) is 4.87. The Morgan fingerprint density at radius 1 is 0.879 bits per heavy atom. The molecule has 3 fully saturated rings. The average Bonchev–Trinajstić information content (AvgIpc) is 2.72. The lowest BCUT2D eigenvalue weighted by Gasteiger charge is -2.70. The summed E-state index contributed by atoms with van der Waals surface area (Å²) in [5.74, 6) is 2.66. The summed E-state index contributed by atoms with van der Waals surface area (Å²) in [6, 6.07) is 0. The average molecular weight is 453 g/mol. The van der Waals surface area contributed by atoms with Crippen LogP contribution in [0.3, 0.4) is 0 Å². The molecule has 0 heterocycles. The van der Waals surface area contributed by atoms with Crippen molar-refractivity contribution in [1.29, 1.82) is 0 Å². The molecule has 0 bridgehead atoms. The number of carbonyl (C=O) groups excluding carboxylic acids is 1. The van der Waals surface area contributed by atoms with E-state index in [2.05, 4.69) is 61.5 Å². The van der Waals surface area contributed by atoms with Crippen molar-refractivity contribution >= 4 is 5.78 Å². The molecule has 0 unspecified atom stereocenters. The summed E-state index contributed by atoms with van der Waals surface area (Å²) in [4.78, 5) is 13.9. The molecule has 0 aliphatic heterocycles. The van der Waals surface area contributed by atoms with Crippen molar-refractivity contribution in [2.24, 2.45) is 50.2 Å². The number of methoxy groups -OCH3 is 1. The van der Waals surface area contributed by atoms with Crippen molar-refractivity contribution in [1.82, 2.24) is 0 Å². The largest absolute Gasteiger partial charge is 0.500 e. The van der Waals surface area contributed by atoms with E-state index in [1.165, 1.54) is 38.5 Å². The molecule has 0 amide bonds. The number of rotatable bonds is 1. The number of allylic oxidation sites excluding steroid dienone is 4. The van der Waals surface area contributed by atoms with Gasteiger partial charge in [0.2, 0.25) is 0 Å². The lowest BCUT2D eigenvalue weighted by molar-refractivity contribution is -0.177. The van der Waals surface area contributed by atoms with E-state index >= 15 is 0 Å². The molecule has 33 heavy (non-hydrogen) atoms. The van der Waals surface area contributed by atoms with E-state index in [1.54, 1.807) is 12.7 Å². The summed E-state index contributed by atoms with van der Waals surface area (Å²) in [5, 5.41) is 0. The lowest BCUT2D eigenvalue weighted by atomic mass is 9.34. The number of hydrogen-bond donors (Lipinski definition) is 0. The molecule has 5 rings (SSSR count). The van der Waals surface area contributed by atoms with Crippen molar-refractivity contribution in [3.8, 4) is 0 Å². The number of ketones is 1. The fourth-order valence-electron chi connectivity index (χ4n) is 10.2. The van der Waals surface area contributed by atoms with Gasteiger partial charge >= 0.3 is 0 Å². The zero-order chi connectivity index (χ0) is 24.2. The quantitative estimate of drug-likeness (QED) is 0.375. The van der Waals surface area contributed by atoms with E-state index < -0.39 is 0 Å². The molecule has 0 radical (unpaired) electrons. The van der Waals surface area contributed by atoms with Crippen LogP contribution in [0.4, 0.5) is 0 Å². The Bertz CT molecular complexity index is 937.